The summed E-state index contributed by atoms with van der Waals surface area (Å²) in [6.07, 6.45) is 3.35. The number of ether oxygens (including phenoxy) is 1. The second-order valence-electron chi connectivity index (χ2n) is 4.99. The average Bonchev–Trinajstić information content (AvgIpc) is 3.05. The fourth-order valence-electron chi connectivity index (χ4n) is 3.17. The highest BCUT2D eigenvalue weighted by Crippen LogP contribution is 2.44. The van der Waals surface area contributed by atoms with Crippen molar-refractivity contribution in [1.29, 1.82) is 0 Å². The number of rotatable bonds is 1. The van der Waals surface area contributed by atoms with Gasteiger partial charge in [0.25, 0.3) is 0 Å². The zero-order valence-corrected chi connectivity index (χ0v) is 9.86. The van der Waals surface area contributed by atoms with E-state index in [0.717, 1.165) is 5.69 Å². The smallest absolute Gasteiger partial charge is 0.0956 e. The number of hydrogen-bond donors (Lipinski definition) is 1. The number of benzene rings is 1. The lowest BCUT2D eigenvalue weighted by Crippen LogP contribution is -2.27. The van der Waals surface area contributed by atoms with Gasteiger partial charge in [0.05, 0.1) is 43.6 Å². The van der Waals surface area contributed by atoms with Gasteiger partial charge in [-0.05, 0) is 5.56 Å². The molecule has 18 heavy (non-hydrogen) atoms. The maximum atomic E-state index is 10.1. The average molecular weight is 242 g/mol. The molecule has 0 saturated carbocycles. The lowest BCUT2D eigenvalue weighted by Gasteiger charge is -2.23. The van der Waals surface area contributed by atoms with Crippen LogP contribution >= 0.6 is 0 Å². The fraction of sp³-hybridized carbons (Fsp3) is 0.357. The van der Waals surface area contributed by atoms with Crippen LogP contribution in [0.4, 0.5) is 0 Å². The van der Waals surface area contributed by atoms with E-state index in [9.17, 15) is 5.11 Å². The van der Waals surface area contributed by atoms with E-state index >= 15 is 0 Å². The molecule has 3 heterocycles. The van der Waals surface area contributed by atoms with Gasteiger partial charge in [-0.1, -0.05) is 24.3 Å². The van der Waals surface area contributed by atoms with Crippen molar-refractivity contribution in [3.8, 4) is 11.3 Å². The van der Waals surface area contributed by atoms with Gasteiger partial charge >= 0.3 is 0 Å². The van der Waals surface area contributed by atoms with Gasteiger partial charge in [0.15, 0.2) is 0 Å². The van der Waals surface area contributed by atoms with Crippen molar-refractivity contribution in [2.24, 2.45) is 5.92 Å². The van der Waals surface area contributed by atoms with E-state index < -0.39 is 6.10 Å². The highest BCUT2D eigenvalue weighted by molar-refractivity contribution is 5.69. The Morgan fingerprint density at radius 1 is 1.28 bits per heavy atom. The Morgan fingerprint density at radius 2 is 2.17 bits per heavy atom. The number of nitrogens with zero attached hydrogens (tertiary/aromatic N) is 2. The van der Waals surface area contributed by atoms with Crippen molar-refractivity contribution in [1.82, 2.24) is 9.55 Å². The first-order chi connectivity index (χ1) is 8.86. The Morgan fingerprint density at radius 3 is 3.00 bits per heavy atom. The van der Waals surface area contributed by atoms with Crippen molar-refractivity contribution in [3.05, 3.63) is 42.4 Å². The van der Waals surface area contributed by atoms with Crippen LogP contribution in [0.1, 0.15) is 11.6 Å². The summed E-state index contributed by atoms with van der Waals surface area (Å²) in [7, 11) is 0. The van der Waals surface area contributed by atoms with Gasteiger partial charge in [-0.3, -0.25) is 0 Å². The largest absolute Gasteiger partial charge is 0.390 e. The molecule has 2 aromatic rings. The molecule has 2 aliphatic heterocycles. The molecule has 0 radical (unpaired) electrons. The number of aromatic nitrogens is 2. The molecule has 1 N–H and O–H groups in total. The molecular weight excluding hydrogens is 228 g/mol. The first-order valence-corrected chi connectivity index (χ1v) is 6.23. The molecule has 0 bridgehead atoms. The van der Waals surface area contributed by atoms with Gasteiger partial charge in [0, 0.05) is 11.5 Å². The minimum Gasteiger partial charge on any atom is -0.390 e. The molecule has 92 valence electrons. The topological polar surface area (TPSA) is 47.3 Å². The fourth-order valence-corrected chi connectivity index (χ4v) is 3.17. The monoisotopic (exact) mass is 242 g/mol. The molecule has 1 aromatic carbocycles. The predicted molar refractivity (Wildman–Crippen MR) is 66.1 cm³/mol. The van der Waals surface area contributed by atoms with Crippen LogP contribution in [-0.4, -0.2) is 34.0 Å². The normalized spacial score (nSPS) is 29.3. The van der Waals surface area contributed by atoms with Crippen LogP contribution in [0.5, 0.6) is 0 Å². The third kappa shape index (κ3) is 1.24. The van der Waals surface area contributed by atoms with Gasteiger partial charge in [-0.15, -0.1) is 0 Å². The van der Waals surface area contributed by atoms with E-state index in [1.807, 2.05) is 24.7 Å². The summed E-state index contributed by atoms with van der Waals surface area (Å²) in [5.41, 5.74) is 3.62. The third-order valence-corrected chi connectivity index (χ3v) is 4.02. The van der Waals surface area contributed by atoms with Crippen molar-refractivity contribution in [3.63, 3.8) is 0 Å². The lowest BCUT2D eigenvalue weighted by molar-refractivity contribution is 0.111. The second kappa shape index (κ2) is 3.67. The maximum Gasteiger partial charge on any atom is 0.0956 e. The number of fused-ring (bicyclic) bond motifs is 3. The lowest BCUT2D eigenvalue weighted by atomic mass is 9.90. The van der Waals surface area contributed by atoms with Crippen LogP contribution < -0.4 is 0 Å². The first kappa shape index (κ1) is 10.3. The van der Waals surface area contributed by atoms with Crippen molar-refractivity contribution >= 4 is 0 Å². The molecule has 2 aliphatic rings. The number of aliphatic hydroxyl groups is 1. The van der Waals surface area contributed by atoms with Crippen LogP contribution in [-0.2, 0) is 4.74 Å². The zero-order chi connectivity index (χ0) is 12.1. The van der Waals surface area contributed by atoms with Crippen molar-refractivity contribution < 1.29 is 9.84 Å². The number of aliphatic hydroxyl groups excluding tert-OH is 1. The molecule has 1 aromatic heterocycles. The summed E-state index contributed by atoms with van der Waals surface area (Å²) in [5.74, 6) is 0.113. The van der Waals surface area contributed by atoms with Crippen LogP contribution in [0.3, 0.4) is 0 Å². The molecule has 1 unspecified atom stereocenters. The molecule has 4 rings (SSSR count). The Labute approximate surface area is 105 Å². The zero-order valence-electron chi connectivity index (χ0n) is 9.86. The van der Waals surface area contributed by atoms with Crippen molar-refractivity contribution in [2.45, 2.75) is 12.1 Å². The van der Waals surface area contributed by atoms with E-state index in [2.05, 4.69) is 21.7 Å². The molecule has 4 nitrogen and oxygen atoms in total. The molecule has 1 fully saturated rings. The molecule has 3 atom stereocenters. The molecule has 1 saturated heterocycles. The van der Waals surface area contributed by atoms with Crippen molar-refractivity contribution in [2.75, 3.05) is 13.2 Å². The SMILES string of the molecule is O[C@@H]1COC[C@H]1C1c2ccccc2-c2cncn21. The molecule has 0 aliphatic carbocycles. The van der Waals surface area contributed by atoms with E-state index in [0.29, 0.717) is 13.2 Å². The Hall–Kier alpha value is -1.65. The first-order valence-electron chi connectivity index (χ1n) is 6.23. The second-order valence-corrected chi connectivity index (χ2v) is 4.99. The van der Waals surface area contributed by atoms with Crippen LogP contribution in [0.15, 0.2) is 36.8 Å². The summed E-state index contributed by atoms with van der Waals surface area (Å²) in [4.78, 5) is 4.23. The minimum atomic E-state index is -0.392. The van der Waals surface area contributed by atoms with Gasteiger partial charge in [-0.2, -0.15) is 0 Å². The summed E-state index contributed by atoms with van der Waals surface area (Å²) in [6, 6.07) is 8.49. The van der Waals surface area contributed by atoms with E-state index in [1.165, 1.54) is 11.1 Å². The Kier molecular flexibility index (Phi) is 2.10. The third-order valence-electron chi connectivity index (χ3n) is 4.02. The molecule has 0 spiro atoms. The van der Waals surface area contributed by atoms with Gasteiger partial charge in [0.2, 0.25) is 0 Å². The highest BCUT2D eigenvalue weighted by atomic mass is 16.5. The molecule has 4 heteroatoms. The van der Waals surface area contributed by atoms with Crippen LogP contribution in [0, 0.1) is 5.92 Å². The number of hydrogen-bond acceptors (Lipinski definition) is 3. The highest BCUT2D eigenvalue weighted by Gasteiger charge is 2.40. The molecular formula is C14H14N2O2. The minimum absolute atomic E-state index is 0.113. The van der Waals surface area contributed by atoms with Crippen LogP contribution in [0.2, 0.25) is 0 Å². The van der Waals surface area contributed by atoms with Gasteiger partial charge in [-0.25, -0.2) is 4.98 Å². The summed E-state index contributed by atoms with van der Waals surface area (Å²) in [5, 5.41) is 10.1. The standard InChI is InChI=1S/C14H14N2O2/c17-13-7-18-6-11(13)14-10-4-2-1-3-9(10)12-5-15-8-16(12)14/h1-5,8,11,13-14,17H,6-7H2/t11-,13-,14?/m1/s1. The number of imidazole rings is 1. The van der Waals surface area contributed by atoms with E-state index in [-0.39, 0.29) is 12.0 Å². The summed E-state index contributed by atoms with van der Waals surface area (Å²) < 4.78 is 7.56. The molecule has 0 amide bonds. The van der Waals surface area contributed by atoms with Gasteiger partial charge < -0.3 is 14.4 Å². The maximum absolute atomic E-state index is 10.1. The predicted octanol–water partition coefficient (Wildman–Crippen LogP) is 1.46. The quantitative estimate of drug-likeness (QED) is 0.823. The Bertz CT molecular complexity index is 593. The Balaban J connectivity index is 1.89. The van der Waals surface area contributed by atoms with Crippen LogP contribution in [0.25, 0.3) is 11.3 Å². The summed E-state index contributed by atoms with van der Waals surface area (Å²) in [6.45, 7) is 1.05. The summed E-state index contributed by atoms with van der Waals surface area (Å²) >= 11 is 0. The van der Waals surface area contributed by atoms with E-state index in [1.54, 1.807) is 0 Å². The van der Waals surface area contributed by atoms with Gasteiger partial charge in [0.1, 0.15) is 0 Å². The van der Waals surface area contributed by atoms with E-state index in [4.69, 9.17) is 4.74 Å².